The summed E-state index contributed by atoms with van der Waals surface area (Å²) in [6.07, 6.45) is -0.100. The fourth-order valence-corrected chi connectivity index (χ4v) is 2.30. The van der Waals surface area contributed by atoms with E-state index in [2.05, 4.69) is 26.6 Å². The number of hydrogen-bond donors (Lipinski definition) is 2. The van der Waals surface area contributed by atoms with Crippen molar-refractivity contribution >= 4 is 33.6 Å². The number of nitrogens with one attached hydrogen (secondary N) is 2. The van der Waals surface area contributed by atoms with Crippen LogP contribution in [-0.4, -0.2) is 23.6 Å². The van der Waals surface area contributed by atoms with Crippen LogP contribution in [0.15, 0.2) is 28.7 Å². The number of amides is 2. The first-order valence-corrected chi connectivity index (χ1v) is 8.71. The molecule has 0 spiro atoms. The van der Waals surface area contributed by atoms with Crippen LogP contribution in [-0.2, 0) is 9.53 Å². The molecule has 0 aliphatic carbocycles. The van der Waals surface area contributed by atoms with E-state index in [-0.39, 0.29) is 11.3 Å². The van der Waals surface area contributed by atoms with Crippen LogP contribution < -0.4 is 10.6 Å². The maximum atomic E-state index is 12.6. The Morgan fingerprint density at radius 2 is 1.62 bits per heavy atom. The van der Waals surface area contributed by atoms with Crippen molar-refractivity contribution in [3.05, 3.63) is 28.7 Å². The van der Waals surface area contributed by atoms with Gasteiger partial charge < -0.3 is 15.4 Å². The minimum atomic E-state index is -0.677. The lowest BCUT2D eigenvalue weighted by Crippen LogP contribution is -2.47. The maximum Gasteiger partial charge on any atom is 0.408 e. The summed E-state index contributed by atoms with van der Waals surface area (Å²) >= 11 is 3.35. The molecule has 0 saturated heterocycles. The molecule has 1 rings (SSSR count). The Bertz CT molecular complexity index is 571. The topological polar surface area (TPSA) is 67.4 Å². The maximum absolute atomic E-state index is 12.6. The molecule has 6 heteroatoms. The summed E-state index contributed by atoms with van der Waals surface area (Å²) in [7, 11) is 0. The lowest BCUT2D eigenvalue weighted by Gasteiger charge is -2.27. The third kappa shape index (κ3) is 8.34. The second kappa shape index (κ2) is 8.01. The Labute approximate surface area is 152 Å². The van der Waals surface area contributed by atoms with E-state index < -0.39 is 17.7 Å². The molecule has 1 aromatic rings. The molecule has 5 nitrogen and oxygen atoms in total. The van der Waals surface area contributed by atoms with Gasteiger partial charge in [-0.3, -0.25) is 4.79 Å². The quantitative estimate of drug-likeness (QED) is 0.770. The van der Waals surface area contributed by atoms with Crippen LogP contribution in [0.4, 0.5) is 10.5 Å². The van der Waals surface area contributed by atoms with E-state index in [0.717, 1.165) is 4.47 Å². The van der Waals surface area contributed by atoms with Crippen molar-refractivity contribution in [3.63, 3.8) is 0 Å². The Kier molecular flexibility index (Phi) is 6.84. The minimum Gasteiger partial charge on any atom is -0.444 e. The van der Waals surface area contributed by atoms with Crippen LogP contribution >= 0.6 is 15.9 Å². The molecule has 2 amide bonds. The number of rotatable bonds is 4. The number of ether oxygens (including phenoxy) is 1. The highest BCUT2D eigenvalue weighted by atomic mass is 79.9. The first kappa shape index (κ1) is 20.5. The molecule has 0 aliphatic rings. The van der Waals surface area contributed by atoms with E-state index in [4.69, 9.17) is 4.74 Å². The van der Waals surface area contributed by atoms with Crippen LogP contribution in [0.25, 0.3) is 0 Å². The third-order valence-electron chi connectivity index (χ3n) is 2.94. The molecule has 0 saturated carbocycles. The van der Waals surface area contributed by atoms with Crippen molar-refractivity contribution in [2.75, 3.05) is 5.32 Å². The average molecular weight is 399 g/mol. The van der Waals surface area contributed by atoms with Crippen molar-refractivity contribution < 1.29 is 14.3 Å². The highest BCUT2D eigenvalue weighted by Gasteiger charge is 2.28. The van der Waals surface area contributed by atoms with Crippen LogP contribution in [0, 0.1) is 5.41 Å². The summed E-state index contributed by atoms with van der Waals surface area (Å²) in [5.74, 6) is -0.266. The summed E-state index contributed by atoms with van der Waals surface area (Å²) in [5.41, 5.74) is -0.0666. The number of halogens is 1. The Hall–Kier alpha value is -1.56. The predicted molar refractivity (Wildman–Crippen MR) is 100 cm³/mol. The van der Waals surface area contributed by atoms with Crippen LogP contribution in [0.2, 0.25) is 0 Å². The second-order valence-electron chi connectivity index (χ2n) is 7.96. The Morgan fingerprint density at radius 1 is 1.08 bits per heavy atom. The lowest BCUT2D eigenvalue weighted by molar-refractivity contribution is -0.118. The molecule has 0 aromatic heterocycles. The van der Waals surface area contributed by atoms with Gasteiger partial charge in [0.15, 0.2) is 0 Å². The number of carbonyl (C=O) groups is 2. The van der Waals surface area contributed by atoms with Crippen LogP contribution in [0.3, 0.4) is 0 Å². The fraction of sp³-hybridized carbons (Fsp3) is 0.556. The first-order valence-electron chi connectivity index (χ1n) is 7.92. The van der Waals surface area contributed by atoms with Crippen molar-refractivity contribution in [2.24, 2.45) is 5.41 Å². The van der Waals surface area contributed by atoms with Gasteiger partial charge in [0.2, 0.25) is 5.91 Å². The summed E-state index contributed by atoms with van der Waals surface area (Å²) in [5, 5.41) is 5.51. The zero-order valence-corrected chi connectivity index (χ0v) is 16.8. The molecule has 24 heavy (non-hydrogen) atoms. The van der Waals surface area contributed by atoms with Crippen LogP contribution in [0.1, 0.15) is 48.0 Å². The van der Waals surface area contributed by atoms with Gasteiger partial charge in [0, 0.05) is 10.2 Å². The third-order valence-corrected chi connectivity index (χ3v) is 3.46. The Balaban J connectivity index is 2.82. The van der Waals surface area contributed by atoms with E-state index >= 15 is 0 Å². The largest absolute Gasteiger partial charge is 0.444 e. The van der Waals surface area contributed by atoms with Crippen molar-refractivity contribution in [1.29, 1.82) is 0 Å². The van der Waals surface area contributed by atoms with Gasteiger partial charge in [-0.1, -0.05) is 36.7 Å². The normalized spacial score (nSPS) is 13.1. The van der Waals surface area contributed by atoms with E-state index in [9.17, 15) is 9.59 Å². The molecule has 2 N–H and O–H groups in total. The summed E-state index contributed by atoms with van der Waals surface area (Å²) < 4.78 is 6.19. The smallest absolute Gasteiger partial charge is 0.408 e. The zero-order chi connectivity index (χ0) is 18.5. The highest BCUT2D eigenvalue weighted by Crippen LogP contribution is 2.22. The molecule has 1 aromatic carbocycles. The molecule has 0 heterocycles. The number of anilines is 1. The first-order chi connectivity index (χ1) is 10.9. The number of benzene rings is 1. The van der Waals surface area contributed by atoms with Crippen LogP contribution in [0.5, 0.6) is 0 Å². The molecular formula is C18H27BrN2O3. The molecule has 0 fully saturated rings. The van der Waals surface area contributed by atoms with Crippen molar-refractivity contribution in [2.45, 2.75) is 59.6 Å². The Morgan fingerprint density at radius 3 is 2.08 bits per heavy atom. The number of alkyl carbamates (subject to hydrolysis) is 1. The van der Waals surface area contributed by atoms with Crippen molar-refractivity contribution in [3.8, 4) is 0 Å². The van der Waals surface area contributed by atoms with Gasteiger partial charge >= 0.3 is 6.09 Å². The van der Waals surface area contributed by atoms with Gasteiger partial charge in [-0.25, -0.2) is 4.79 Å². The van der Waals surface area contributed by atoms with Gasteiger partial charge in [-0.2, -0.15) is 0 Å². The molecular weight excluding hydrogens is 372 g/mol. The molecule has 0 bridgehead atoms. The SMILES string of the molecule is CC(C)(C)CC(NC(=O)OC(C)(C)C)C(=O)Nc1ccc(Br)cc1. The average Bonchev–Trinajstić information content (AvgIpc) is 2.36. The van der Waals surface area contributed by atoms with Crippen molar-refractivity contribution in [1.82, 2.24) is 5.32 Å². The van der Waals surface area contributed by atoms with E-state index in [1.54, 1.807) is 32.9 Å². The van der Waals surface area contributed by atoms with E-state index in [0.29, 0.717) is 12.1 Å². The number of hydrogen-bond acceptors (Lipinski definition) is 3. The molecule has 134 valence electrons. The molecule has 0 radical (unpaired) electrons. The molecule has 0 aliphatic heterocycles. The van der Waals surface area contributed by atoms with Gasteiger partial charge in [0.05, 0.1) is 0 Å². The van der Waals surface area contributed by atoms with E-state index in [1.165, 1.54) is 0 Å². The summed E-state index contributed by atoms with van der Waals surface area (Å²) in [4.78, 5) is 24.6. The standard InChI is InChI=1S/C18H27BrN2O3/c1-17(2,3)11-14(21-16(23)24-18(4,5)6)15(22)20-13-9-7-12(19)8-10-13/h7-10,14H,11H2,1-6H3,(H,20,22)(H,21,23). The minimum absolute atomic E-state index is 0.128. The highest BCUT2D eigenvalue weighted by molar-refractivity contribution is 9.10. The molecule has 1 unspecified atom stereocenters. The summed E-state index contributed by atoms with van der Waals surface area (Å²) in [6, 6.07) is 6.60. The summed E-state index contributed by atoms with van der Waals surface area (Å²) in [6.45, 7) is 11.4. The predicted octanol–water partition coefficient (Wildman–Crippen LogP) is 4.72. The fourth-order valence-electron chi connectivity index (χ4n) is 2.03. The second-order valence-corrected chi connectivity index (χ2v) is 8.88. The molecule has 1 atom stereocenters. The lowest BCUT2D eigenvalue weighted by atomic mass is 9.88. The van der Waals surface area contributed by atoms with Gasteiger partial charge in [-0.05, 0) is 56.9 Å². The van der Waals surface area contributed by atoms with E-state index in [1.807, 2.05) is 32.9 Å². The number of carbonyl (C=O) groups excluding carboxylic acids is 2. The zero-order valence-electron chi connectivity index (χ0n) is 15.2. The van der Waals surface area contributed by atoms with Gasteiger partial charge in [0.25, 0.3) is 0 Å². The monoisotopic (exact) mass is 398 g/mol. The van der Waals surface area contributed by atoms with Gasteiger partial charge in [-0.15, -0.1) is 0 Å². The van der Waals surface area contributed by atoms with Gasteiger partial charge in [0.1, 0.15) is 11.6 Å².